The molecule has 0 aliphatic carbocycles. The number of amides is 1. The maximum atomic E-state index is 12.3. The highest BCUT2D eigenvalue weighted by atomic mass is 35.5. The van der Waals surface area contributed by atoms with E-state index in [1.54, 1.807) is 0 Å². The van der Waals surface area contributed by atoms with E-state index in [9.17, 15) is 4.79 Å². The number of carbonyl (C=O) groups is 1. The van der Waals surface area contributed by atoms with E-state index in [1.165, 1.54) is 0 Å². The molecule has 1 amide bonds. The molecule has 5 heteroatoms. The average Bonchev–Trinajstić information content (AvgIpc) is 2.68. The summed E-state index contributed by atoms with van der Waals surface area (Å²) in [5.41, 5.74) is 1.07. The van der Waals surface area contributed by atoms with Gasteiger partial charge in [-0.3, -0.25) is 10.1 Å². The Kier molecular flexibility index (Phi) is 4.68. The molecule has 2 rings (SSSR count). The second-order valence-corrected chi connectivity index (χ2v) is 6.08. The maximum Gasteiger partial charge on any atom is 0.241 e. The number of hydrogen-bond acceptors (Lipinski definition) is 3. The zero-order valence-electron chi connectivity index (χ0n) is 12.4. The van der Waals surface area contributed by atoms with E-state index >= 15 is 0 Å². The Labute approximate surface area is 125 Å². The average molecular weight is 296 g/mol. The van der Waals surface area contributed by atoms with Crippen molar-refractivity contribution in [2.75, 3.05) is 20.6 Å². The molecule has 0 spiro atoms. The van der Waals surface area contributed by atoms with Gasteiger partial charge >= 0.3 is 0 Å². The van der Waals surface area contributed by atoms with Crippen LogP contribution in [0.25, 0.3) is 0 Å². The third kappa shape index (κ3) is 3.14. The molecule has 1 aliphatic rings. The number of nitrogens with zero attached hydrogens (tertiary/aromatic N) is 2. The van der Waals surface area contributed by atoms with Gasteiger partial charge < -0.3 is 9.80 Å². The summed E-state index contributed by atoms with van der Waals surface area (Å²) in [5.74, 6) is 0.152. The van der Waals surface area contributed by atoms with Gasteiger partial charge in [0.1, 0.15) is 6.17 Å². The normalized spacial score (nSPS) is 24.5. The van der Waals surface area contributed by atoms with Crippen LogP contribution in [0.3, 0.4) is 0 Å². The highest BCUT2D eigenvalue weighted by Crippen LogP contribution is 2.26. The Hall–Kier alpha value is -1.10. The van der Waals surface area contributed by atoms with Crippen molar-refractivity contribution in [3.63, 3.8) is 0 Å². The summed E-state index contributed by atoms with van der Waals surface area (Å²) in [6, 6.07) is 7.82. The Morgan fingerprint density at radius 1 is 1.35 bits per heavy atom. The molecule has 1 N–H and O–H groups in total. The van der Waals surface area contributed by atoms with Gasteiger partial charge in [-0.2, -0.15) is 0 Å². The largest absolute Gasteiger partial charge is 0.320 e. The molecule has 20 heavy (non-hydrogen) atoms. The molecular formula is C15H22ClN3O. The zero-order chi connectivity index (χ0) is 14.9. The van der Waals surface area contributed by atoms with E-state index in [0.717, 1.165) is 5.56 Å². The second kappa shape index (κ2) is 6.12. The van der Waals surface area contributed by atoms with Gasteiger partial charge in [0.2, 0.25) is 5.91 Å². The predicted octanol–water partition coefficient (Wildman–Crippen LogP) is 2.11. The highest BCUT2D eigenvalue weighted by Gasteiger charge is 2.37. The lowest BCUT2D eigenvalue weighted by molar-refractivity contribution is -0.130. The Bertz CT molecular complexity index is 475. The first-order valence-corrected chi connectivity index (χ1v) is 7.26. The van der Waals surface area contributed by atoms with E-state index in [2.05, 4.69) is 17.1 Å². The summed E-state index contributed by atoms with van der Waals surface area (Å²) in [7, 11) is 4.05. The monoisotopic (exact) mass is 295 g/mol. The SMILES string of the molecule is CC1NC(c2ccc(Cl)cc2)N(CC(C)N(C)C)C1=O. The van der Waals surface area contributed by atoms with Gasteiger partial charge in [0, 0.05) is 17.6 Å². The number of halogens is 1. The predicted molar refractivity (Wildman–Crippen MR) is 81.7 cm³/mol. The second-order valence-electron chi connectivity index (χ2n) is 5.65. The third-order valence-corrected chi connectivity index (χ3v) is 4.15. The maximum absolute atomic E-state index is 12.3. The number of benzene rings is 1. The molecule has 1 saturated heterocycles. The fraction of sp³-hybridized carbons (Fsp3) is 0.533. The van der Waals surface area contributed by atoms with Crippen molar-refractivity contribution in [1.82, 2.24) is 15.1 Å². The number of hydrogen-bond donors (Lipinski definition) is 1. The smallest absolute Gasteiger partial charge is 0.241 e. The fourth-order valence-corrected chi connectivity index (χ4v) is 2.46. The lowest BCUT2D eigenvalue weighted by atomic mass is 10.1. The number of rotatable bonds is 4. The molecule has 4 nitrogen and oxygen atoms in total. The van der Waals surface area contributed by atoms with Crippen LogP contribution in [-0.4, -0.2) is 48.4 Å². The van der Waals surface area contributed by atoms with Gasteiger partial charge in [0.05, 0.1) is 6.04 Å². The van der Waals surface area contributed by atoms with Gasteiger partial charge in [0.25, 0.3) is 0 Å². The summed E-state index contributed by atoms with van der Waals surface area (Å²) in [6.07, 6.45) is -0.0721. The molecular weight excluding hydrogens is 274 g/mol. The lowest BCUT2D eigenvalue weighted by Crippen LogP contribution is -2.41. The Morgan fingerprint density at radius 2 is 1.95 bits per heavy atom. The quantitative estimate of drug-likeness (QED) is 0.924. The molecule has 0 saturated carbocycles. The molecule has 1 heterocycles. The molecule has 0 aromatic heterocycles. The van der Waals surface area contributed by atoms with Crippen molar-refractivity contribution >= 4 is 17.5 Å². The van der Waals surface area contributed by atoms with Crippen LogP contribution in [0.5, 0.6) is 0 Å². The molecule has 1 aromatic carbocycles. The first kappa shape index (κ1) is 15.3. The van der Waals surface area contributed by atoms with E-state index in [1.807, 2.05) is 50.2 Å². The first-order valence-electron chi connectivity index (χ1n) is 6.88. The topological polar surface area (TPSA) is 35.6 Å². The molecule has 0 bridgehead atoms. The Morgan fingerprint density at radius 3 is 2.50 bits per heavy atom. The minimum Gasteiger partial charge on any atom is -0.320 e. The van der Waals surface area contributed by atoms with Crippen molar-refractivity contribution in [1.29, 1.82) is 0 Å². The first-order chi connectivity index (χ1) is 9.40. The molecule has 3 atom stereocenters. The van der Waals surface area contributed by atoms with Crippen molar-refractivity contribution in [3.8, 4) is 0 Å². The van der Waals surface area contributed by atoms with E-state index < -0.39 is 0 Å². The highest BCUT2D eigenvalue weighted by molar-refractivity contribution is 6.30. The van der Waals surface area contributed by atoms with Crippen LogP contribution in [0.1, 0.15) is 25.6 Å². The van der Waals surface area contributed by atoms with E-state index in [4.69, 9.17) is 11.6 Å². The number of nitrogens with one attached hydrogen (secondary N) is 1. The van der Waals surface area contributed by atoms with Crippen LogP contribution in [0, 0.1) is 0 Å². The molecule has 3 unspecified atom stereocenters. The van der Waals surface area contributed by atoms with Gasteiger partial charge in [-0.1, -0.05) is 23.7 Å². The van der Waals surface area contributed by atoms with Gasteiger partial charge in [0.15, 0.2) is 0 Å². The summed E-state index contributed by atoms with van der Waals surface area (Å²) < 4.78 is 0. The molecule has 1 aliphatic heterocycles. The van der Waals surface area contributed by atoms with E-state index in [-0.39, 0.29) is 18.1 Å². The molecule has 110 valence electrons. The summed E-state index contributed by atoms with van der Waals surface area (Å²) in [6.45, 7) is 4.73. The lowest BCUT2D eigenvalue weighted by Gasteiger charge is -2.30. The van der Waals surface area contributed by atoms with Gasteiger partial charge in [-0.25, -0.2) is 0 Å². The summed E-state index contributed by atoms with van der Waals surface area (Å²) in [5, 5.41) is 4.06. The molecule has 1 fully saturated rings. The van der Waals surface area contributed by atoms with Crippen LogP contribution < -0.4 is 5.32 Å². The van der Waals surface area contributed by atoms with Crippen LogP contribution in [-0.2, 0) is 4.79 Å². The number of likely N-dealkylation sites (N-methyl/N-ethyl adjacent to an activating group) is 1. The number of carbonyl (C=O) groups excluding carboxylic acids is 1. The minimum atomic E-state index is -0.148. The zero-order valence-corrected chi connectivity index (χ0v) is 13.2. The van der Waals surface area contributed by atoms with Crippen LogP contribution in [0.2, 0.25) is 5.02 Å². The van der Waals surface area contributed by atoms with Crippen LogP contribution >= 0.6 is 11.6 Å². The molecule has 0 radical (unpaired) electrons. The standard InChI is InChI=1S/C15H22ClN3O/c1-10(18(3)4)9-19-14(17-11(2)15(19)20)12-5-7-13(16)8-6-12/h5-8,10-11,14,17H,9H2,1-4H3. The van der Waals surface area contributed by atoms with Crippen molar-refractivity contribution < 1.29 is 4.79 Å². The summed E-state index contributed by atoms with van der Waals surface area (Å²) in [4.78, 5) is 16.4. The van der Waals surface area contributed by atoms with Crippen LogP contribution in [0.4, 0.5) is 0 Å². The molecule has 1 aromatic rings. The van der Waals surface area contributed by atoms with Gasteiger partial charge in [-0.15, -0.1) is 0 Å². The van der Waals surface area contributed by atoms with Crippen molar-refractivity contribution in [2.24, 2.45) is 0 Å². The Balaban J connectivity index is 2.21. The summed E-state index contributed by atoms with van der Waals surface area (Å²) >= 11 is 5.93. The van der Waals surface area contributed by atoms with E-state index in [0.29, 0.717) is 17.6 Å². The van der Waals surface area contributed by atoms with Crippen molar-refractivity contribution in [3.05, 3.63) is 34.9 Å². The fourth-order valence-electron chi connectivity index (χ4n) is 2.34. The minimum absolute atomic E-state index is 0.0721. The van der Waals surface area contributed by atoms with Gasteiger partial charge in [-0.05, 0) is 45.6 Å². The van der Waals surface area contributed by atoms with Crippen LogP contribution in [0.15, 0.2) is 24.3 Å². The third-order valence-electron chi connectivity index (χ3n) is 3.90. The van der Waals surface area contributed by atoms with Crippen molar-refractivity contribution in [2.45, 2.75) is 32.1 Å².